The first-order chi connectivity index (χ1) is 10.5. The zero-order valence-electron chi connectivity index (χ0n) is 11.4. The topological polar surface area (TPSA) is 52.1 Å². The SMILES string of the molecule is CCOC(=O)c1ccc2c(C(F)(F)F)cc(C(F)(F)F)nc2n1. The average molecular weight is 338 g/mol. The van der Waals surface area contributed by atoms with Crippen LogP contribution < -0.4 is 0 Å². The Labute approximate surface area is 125 Å². The van der Waals surface area contributed by atoms with E-state index in [9.17, 15) is 31.1 Å². The Bertz CT molecular complexity index is 754. The fourth-order valence-electron chi connectivity index (χ4n) is 1.80. The van der Waals surface area contributed by atoms with Crippen molar-refractivity contribution in [2.24, 2.45) is 0 Å². The Balaban J connectivity index is 2.73. The molecule has 0 saturated carbocycles. The highest BCUT2D eigenvalue weighted by Crippen LogP contribution is 2.38. The lowest BCUT2D eigenvalue weighted by molar-refractivity contribution is -0.144. The van der Waals surface area contributed by atoms with Crippen LogP contribution in [0.25, 0.3) is 11.0 Å². The Morgan fingerprint density at radius 3 is 2.26 bits per heavy atom. The summed E-state index contributed by atoms with van der Waals surface area (Å²) >= 11 is 0. The number of pyridine rings is 2. The molecule has 4 nitrogen and oxygen atoms in total. The molecule has 0 spiro atoms. The molecule has 0 radical (unpaired) electrons. The first kappa shape index (κ1) is 17.0. The number of carbonyl (C=O) groups excluding carboxylic acids is 1. The lowest BCUT2D eigenvalue weighted by Crippen LogP contribution is -2.15. The first-order valence-electron chi connectivity index (χ1n) is 6.17. The number of ether oxygens (including phenoxy) is 1. The summed E-state index contributed by atoms with van der Waals surface area (Å²) in [4.78, 5) is 18.0. The molecule has 0 unspecified atom stereocenters. The van der Waals surface area contributed by atoms with Crippen molar-refractivity contribution >= 4 is 17.0 Å². The number of rotatable bonds is 2. The van der Waals surface area contributed by atoms with Crippen molar-refractivity contribution in [1.29, 1.82) is 0 Å². The van der Waals surface area contributed by atoms with Crippen LogP contribution in [0.3, 0.4) is 0 Å². The molecule has 0 aromatic carbocycles. The van der Waals surface area contributed by atoms with Gasteiger partial charge < -0.3 is 4.74 Å². The van der Waals surface area contributed by atoms with Crippen LogP contribution in [0.15, 0.2) is 18.2 Å². The highest BCUT2D eigenvalue weighted by molar-refractivity contribution is 5.91. The van der Waals surface area contributed by atoms with Gasteiger partial charge in [-0.25, -0.2) is 14.8 Å². The Morgan fingerprint density at radius 2 is 1.74 bits per heavy atom. The fraction of sp³-hybridized carbons (Fsp3) is 0.308. The third-order valence-electron chi connectivity index (χ3n) is 2.75. The summed E-state index contributed by atoms with van der Waals surface area (Å²) in [6.45, 7) is 1.46. The van der Waals surface area contributed by atoms with Crippen LogP contribution in [0.5, 0.6) is 0 Å². The average Bonchev–Trinajstić information content (AvgIpc) is 2.43. The molecule has 2 heterocycles. The van der Waals surface area contributed by atoms with Crippen LogP contribution in [0.4, 0.5) is 26.3 Å². The lowest BCUT2D eigenvalue weighted by Gasteiger charge is -2.13. The predicted molar refractivity (Wildman–Crippen MR) is 65.5 cm³/mol. The number of hydrogen-bond donors (Lipinski definition) is 0. The second-order valence-corrected chi connectivity index (χ2v) is 4.34. The van der Waals surface area contributed by atoms with Gasteiger partial charge in [-0.2, -0.15) is 26.3 Å². The minimum Gasteiger partial charge on any atom is -0.461 e. The van der Waals surface area contributed by atoms with Gasteiger partial charge >= 0.3 is 18.3 Å². The van der Waals surface area contributed by atoms with Gasteiger partial charge in [-0.15, -0.1) is 0 Å². The summed E-state index contributed by atoms with van der Waals surface area (Å²) in [5, 5.41) is -0.640. The largest absolute Gasteiger partial charge is 0.461 e. The minimum absolute atomic E-state index is 0.0254. The van der Waals surface area contributed by atoms with Crippen molar-refractivity contribution in [3.63, 3.8) is 0 Å². The fourth-order valence-corrected chi connectivity index (χ4v) is 1.80. The van der Waals surface area contributed by atoms with E-state index in [1.807, 2.05) is 0 Å². The Morgan fingerprint density at radius 1 is 1.09 bits per heavy atom. The lowest BCUT2D eigenvalue weighted by atomic mass is 10.1. The van der Waals surface area contributed by atoms with Crippen molar-refractivity contribution < 1.29 is 35.9 Å². The molecule has 2 rings (SSSR count). The molecule has 2 aromatic heterocycles. The first-order valence-corrected chi connectivity index (χ1v) is 6.17. The van der Waals surface area contributed by atoms with E-state index in [2.05, 4.69) is 14.7 Å². The van der Waals surface area contributed by atoms with Gasteiger partial charge in [0.2, 0.25) is 0 Å². The molecule has 0 N–H and O–H groups in total. The zero-order valence-corrected chi connectivity index (χ0v) is 11.4. The van der Waals surface area contributed by atoms with Crippen molar-refractivity contribution in [2.45, 2.75) is 19.3 Å². The maximum absolute atomic E-state index is 13.0. The molecule has 2 aromatic rings. The third-order valence-corrected chi connectivity index (χ3v) is 2.75. The zero-order chi connectivity index (χ0) is 17.4. The monoisotopic (exact) mass is 338 g/mol. The highest BCUT2D eigenvalue weighted by atomic mass is 19.4. The van der Waals surface area contributed by atoms with Crippen molar-refractivity contribution in [3.8, 4) is 0 Å². The molecule has 10 heteroatoms. The van der Waals surface area contributed by atoms with E-state index >= 15 is 0 Å². The summed E-state index contributed by atoms with van der Waals surface area (Å²) < 4.78 is 81.6. The molecule has 0 saturated heterocycles. The molecular formula is C13H8F6N2O2. The molecule has 0 atom stereocenters. The normalized spacial score (nSPS) is 12.5. The van der Waals surface area contributed by atoms with Gasteiger partial charge in [-0.05, 0) is 25.1 Å². The van der Waals surface area contributed by atoms with Crippen molar-refractivity contribution in [3.05, 3.63) is 35.2 Å². The number of halogens is 6. The number of aromatic nitrogens is 2. The van der Waals surface area contributed by atoms with E-state index in [0.29, 0.717) is 0 Å². The van der Waals surface area contributed by atoms with Gasteiger partial charge in [-0.3, -0.25) is 0 Å². The quantitative estimate of drug-likeness (QED) is 0.617. The summed E-state index contributed by atoms with van der Waals surface area (Å²) in [7, 11) is 0. The summed E-state index contributed by atoms with van der Waals surface area (Å²) in [5.74, 6) is -0.970. The molecule has 0 aliphatic heterocycles. The maximum Gasteiger partial charge on any atom is 0.433 e. The maximum atomic E-state index is 13.0. The molecule has 124 valence electrons. The number of nitrogens with zero attached hydrogens (tertiary/aromatic N) is 2. The number of hydrogen-bond acceptors (Lipinski definition) is 4. The number of esters is 1. The predicted octanol–water partition coefficient (Wildman–Crippen LogP) is 3.84. The number of alkyl halides is 6. The van der Waals surface area contributed by atoms with E-state index in [0.717, 1.165) is 12.1 Å². The molecule has 0 amide bonds. The smallest absolute Gasteiger partial charge is 0.433 e. The van der Waals surface area contributed by atoms with Gasteiger partial charge in [0.1, 0.15) is 5.69 Å². The standard InChI is InChI=1S/C13H8F6N2O2/c1-2-23-11(22)8-4-3-6-7(12(14,15)16)5-9(13(17,18)19)21-10(6)20-8/h3-5H,2H2,1H3. The van der Waals surface area contributed by atoms with Crippen molar-refractivity contribution in [2.75, 3.05) is 6.61 Å². The molecular weight excluding hydrogens is 330 g/mol. The van der Waals surface area contributed by atoms with Gasteiger partial charge in [-0.1, -0.05) is 0 Å². The van der Waals surface area contributed by atoms with E-state index in [-0.39, 0.29) is 12.7 Å². The Hall–Kier alpha value is -2.39. The molecule has 0 aliphatic carbocycles. The van der Waals surface area contributed by atoms with Crippen LogP contribution in [0, 0.1) is 0 Å². The van der Waals surface area contributed by atoms with Crippen LogP contribution in [0.1, 0.15) is 28.7 Å². The number of carbonyl (C=O) groups is 1. The molecule has 0 fully saturated rings. The summed E-state index contributed by atoms with van der Waals surface area (Å²) in [6, 6.07) is 1.68. The molecule has 0 bridgehead atoms. The second kappa shape index (κ2) is 5.67. The van der Waals surface area contributed by atoms with E-state index in [4.69, 9.17) is 0 Å². The van der Waals surface area contributed by atoms with Crippen molar-refractivity contribution in [1.82, 2.24) is 9.97 Å². The number of fused-ring (bicyclic) bond motifs is 1. The van der Waals surface area contributed by atoms with Crippen LogP contribution in [-0.4, -0.2) is 22.5 Å². The molecule has 0 aliphatic rings. The Kier molecular flexibility index (Phi) is 4.18. The van der Waals surface area contributed by atoms with E-state index in [1.54, 1.807) is 0 Å². The van der Waals surface area contributed by atoms with Gasteiger partial charge in [0.05, 0.1) is 12.2 Å². The molecule has 23 heavy (non-hydrogen) atoms. The second-order valence-electron chi connectivity index (χ2n) is 4.34. The van der Waals surface area contributed by atoms with Crippen LogP contribution in [-0.2, 0) is 17.1 Å². The summed E-state index contributed by atoms with van der Waals surface area (Å²) in [5.41, 5.74) is -4.54. The van der Waals surface area contributed by atoms with Crippen LogP contribution >= 0.6 is 0 Å². The summed E-state index contributed by atoms with van der Waals surface area (Å²) in [6.07, 6.45) is -10.1. The van der Waals surface area contributed by atoms with Gasteiger partial charge in [0.25, 0.3) is 0 Å². The van der Waals surface area contributed by atoms with E-state index < -0.39 is 46.3 Å². The highest BCUT2D eigenvalue weighted by Gasteiger charge is 2.39. The van der Waals surface area contributed by atoms with Gasteiger partial charge in [0, 0.05) is 5.39 Å². The van der Waals surface area contributed by atoms with Gasteiger partial charge in [0.15, 0.2) is 11.3 Å². The van der Waals surface area contributed by atoms with Crippen LogP contribution in [0.2, 0.25) is 0 Å². The third kappa shape index (κ3) is 3.51. The minimum atomic E-state index is -5.09. The van der Waals surface area contributed by atoms with E-state index in [1.165, 1.54) is 6.92 Å².